The predicted molar refractivity (Wildman–Crippen MR) is 84.2 cm³/mol. The number of urea groups is 1. The van der Waals surface area contributed by atoms with Gasteiger partial charge in [0.2, 0.25) is 0 Å². The molecule has 0 bridgehead atoms. The molecule has 0 aliphatic carbocycles. The Kier molecular flexibility index (Phi) is 4.02. The zero-order chi connectivity index (χ0) is 15.7. The first-order valence-electron chi connectivity index (χ1n) is 7.49. The van der Waals surface area contributed by atoms with Gasteiger partial charge < -0.3 is 20.1 Å². The molecule has 1 atom stereocenters. The Bertz CT molecular complexity index is 684. The Morgan fingerprint density at radius 2 is 2.32 bits per heavy atom. The van der Waals surface area contributed by atoms with Crippen molar-refractivity contribution < 1.29 is 9.18 Å². The van der Waals surface area contributed by atoms with Crippen LogP contribution < -0.4 is 5.32 Å². The number of nitrogens with zero attached hydrogens (tertiary/aromatic N) is 2. The van der Waals surface area contributed by atoms with Crippen LogP contribution in [0.4, 0.5) is 9.18 Å². The lowest BCUT2D eigenvalue weighted by molar-refractivity contribution is 0.190. The fraction of sp³-hybridized carbons (Fsp3) is 0.438. The van der Waals surface area contributed by atoms with Crippen molar-refractivity contribution in [1.82, 2.24) is 20.1 Å². The Hall–Kier alpha value is -2.08. The van der Waals surface area contributed by atoms with Gasteiger partial charge in [-0.15, -0.1) is 0 Å². The molecule has 118 valence electrons. The van der Waals surface area contributed by atoms with Crippen LogP contribution in [-0.2, 0) is 6.54 Å². The summed E-state index contributed by atoms with van der Waals surface area (Å²) < 4.78 is 13.2. The minimum Gasteiger partial charge on any atom is -0.357 e. The number of H-pyrrole nitrogens is 1. The van der Waals surface area contributed by atoms with Crippen molar-refractivity contribution in [3.8, 4) is 0 Å². The van der Waals surface area contributed by atoms with Crippen LogP contribution in [0.5, 0.6) is 0 Å². The largest absolute Gasteiger partial charge is 0.357 e. The van der Waals surface area contributed by atoms with Gasteiger partial charge in [-0.2, -0.15) is 0 Å². The molecule has 1 aromatic heterocycles. The quantitative estimate of drug-likeness (QED) is 0.913. The molecule has 1 aliphatic rings. The lowest BCUT2D eigenvalue weighted by Crippen LogP contribution is -2.44. The summed E-state index contributed by atoms with van der Waals surface area (Å²) in [7, 11) is 3.90. The smallest absolute Gasteiger partial charge is 0.317 e. The van der Waals surface area contributed by atoms with Crippen LogP contribution in [-0.4, -0.2) is 54.0 Å². The second kappa shape index (κ2) is 5.96. The normalized spacial score (nSPS) is 18.8. The molecular formula is C16H21FN4O. The molecule has 5 nitrogen and oxygen atoms in total. The molecule has 2 aromatic rings. The third-order valence-electron chi connectivity index (χ3n) is 4.30. The van der Waals surface area contributed by atoms with E-state index in [1.165, 1.54) is 12.1 Å². The van der Waals surface area contributed by atoms with Gasteiger partial charge in [-0.25, -0.2) is 9.18 Å². The zero-order valence-corrected chi connectivity index (χ0v) is 12.9. The van der Waals surface area contributed by atoms with E-state index < -0.39 is 0 Å². The number of benzene rings is 1. The van der Waals surface area contributed by atoms with Gasteiger partial charge in [-0.3, -0.25) is 0 Å². The molecule has 1 aliphatic heterocycles. The maximum Gasteiger partial charge on any atom is 0.317 e. The van der Waals surface area contributed by atoms with E-state index >= 15 is 0 Å². The molecule has 2 N–H and O–H groups in total. The van der Waals surface area contributed by atoms with Gasteiger partial charge in [0.05, 0.1) is 6.54 Å². The summed E-state index contributed by atoms with van der Waals surface area (Å²) in [6.07, 6.45) is 1.01. The number of nitrogens with one attached hydrogen (secondary N) is 2. The Morgan fingerprint density at radius 3 is 3.05 bits per heavy atom. The highest BCUT2D eigenvalue weighted by Gasteiger charge is 2.26. The van der Waals surface area contributed by atoms with E-state index in [0.717, 1.165) is 36.1 Å². The highest BCUT2D eigenvalue weighted by Crippen LogP contribution is 2.17. The number of carbonyl (C=O) groups excluding carboxylic acids is 1. The highest BCUT2D eigenvalue weighted by atomic mass is 19.1. The fourth-order valence-electron chi connectivity index (χ4n) is 2.95. The van der Waals surface area contributed by atoms with Crippen molar-refractivity contribution in [2.45, 2.75) is 19.0 Å². The van der Waals surface area contributed by atoms with Crippen molar-refractivity contribution >= 4 is 16.9 Å². The van der Waals surface area contributed by atoms with Crippen molar-refractivity contribution in [2.24, 2.45) is 0 Å². The molecule has 1 aromatic carbocycles. The third kappa shape index (κ3) is 3.06. The number of hydrogen-bond acceptors (Lipinski definition) is 2. The van der Waals surface area contributed by atoms with Crippen LogP contribution in [0.25, 0.3) is 10.9 Å². The lowest BCUT2D eigenvalue weighted by Gasteiger charge is -2.24. The first-order valence-corrected chi connectivity index (χ1v) is 7.49. The molecule has 1 saturated heterocycles. The summed E-state index contributed by atoms with van der Waals surface area (Å²) in [6, 6.07) is 6.66. The van der Waals surface area contributed by atoms with Crippen molar-refractivity contribution in [1.29, 1.82) is 0 Å². The summed E-state index contributed by atoms with van der Waals surface area (Å²) in [6.45, 7) is 2.34. The number of aromatic amines is 1. The van der Waals surface area contributed by atoms with E-state index in [-0.39, 0.29) is 17.9 Å². The third-order valence-corrected chi connectivity index (χ3v) is 4.30. The van der Waals surface area contributed by atoms with E-state index in [1.807, 2.05) is 13.1 Å². The SMILES string of the molecule is CN1CCC(N(C)C(=O)NCc2cc3cc(F)ccc3[nH]2)C1. The molecule has 0 saturated carbocycles. The molecule has 1 unspecified atom stereocenters. The average Bonchev–Trinajstić information content (AvgIpc) is 3.09. The van der Waals surface area contributed by atoms with Gasteiger partial charge >= 0.3 is 6.03 Å². The van der Waals surface area contributed by atoms with Gasteiger partial charge in [0.15, 0.2) is 0 Å². The standard InChI is InChI=1S/C16H21FN4O/c1-20-6-5-14(10-20)21(2)16(22)18-9-13-8-11-7-12(17)3-4-15(11)19-13/h3-4,7-8,14,19H,5-6,9-10H2,1-2H3,(H,18,22). The maximum absolute atomic E-state index is 13.2. The molecular weight excluding hydrogens is 283 g/mol. The van der Waals surface area contributed by atoms with Crippen LogP contribution in [0.1, 0.15) is 12.1 Å². The second-order valence-corrected chi connectivity index (χ2v) is 6.00. The summed E-state index contributed by atoms with van der Waals surface area (Å²) in [5.41, 5.74) is 1.74. The van der Waals surface area contributed by atoms with Crippen LogP contribution >= 0.6 is 0 Å². The molecule has 3 rings (SSSR count). The van der Waals surface area contributed by atoms with Gasteiger partial charge in [0, 0.05) is 36.2 Å². The number of hydrogen-bond donors (Lipinski definition) is 2. The van der Waals surface area contributed by atoms with Crippen LogP contribution in [0.3, 0.4) is 0 Å². The van der Waals surface area contributed by atoms with Crippen LogP contribution in [0.15, 0.2) is 24.3 Å². The van der Waals surface area contributed by atoms with Crippen molar-refractivity contribution in [2.75, 3.05) is 27.2 Å². The second-order valence-electron chi connectivity index (χ2n) is 6.00. The van der Waals surface area contributed by atoms with Gasteiger partial charge in [0.1, 0.15) is 5.82 Å². The molecule has 0 spiro atoms. The van der Waals surface area contributed by atoms with E-state index in [1.54, 1.807) is 11.0 Å². The zero-order valence-electron chi connectivity index (χ0n) is 12.9. The molecule has 2 heterocycles. The Labute approximate surface area is 129 Å². The lowest BCUT2D eigenvalue weighted by atomic mass is 10.2. The molecule has 0 radical (unpaired) electrons. The van der Waals surface area contributed by atoms with Crippen LogP contribution in [0, 0.1) is 5.82 Å². The molecule has 22 heavy (non-hydrogen) atoms. The fourth-order valence-corrected chi connectivity index (χ4v) is 2.95. The van der Waals surface area contributed by atoms with Crippen LogP contribution in [0.2, 0.25) is 0 Å². The molecule has 1 fully saturated rings. The average molecular weight is 304 g/mol. The first kappa shape index (κ1) is 14.8. The number of aromatic nitrogens is 1. The number of likely N-dealkylation sites (N-methyl/N-ethyl adjacent to an activating group) is 2. The number of amides is 2. The summed E-state index contributed by atoms with van der Waals surface area (Å²) in [5.74, 6) is -0.257. The number of fused-ring (bicyclic) bond motifs is 1. The van der Waals surface area contributed by atoms with Gasteiger partial charge in [0.25, 0.3) is 0 Å². The van der Waals surface area contributed by atoms with E-state index in [0.29, 0.717) is 6.54 Å². The summed E-state index contributed by atoms with van der Waals surface area (Å²) >= 11 is 0. The Balaban J connectivity index is 1.59. The summed E-state index contributed by atoms with van der Waals surface area (Å²) in [4.78, 5) is 19.4. The minimum absolute atomic E-state index is 0.0786. The summed E-state index contributed by atoms with van der Waals surface area (Å²) in [5, 5.41) is 3.72. The first-order chi connectivity index (χ1) is 10.5. The van der Waals surface area contributed by atoms with E-state index in [4.69, 9.17) is 0 Å². The van der Waals surface area contributed by atoms with Gasteiger partial charge in [-0.1, -0.05) is 0 Å². The molecule has 6 heteroatoms. The van der Waals surface area contributed by atoms with E-state index in [2.05, 4.69) is 22.2 Å². The Morgan fingerprint density at radius 1 is 1.50 bits per heavy atom. The van der Waals surface area contributed by atoms with Crippen molar-refractivity contribution in [3.05, 3.63) is 35.8 Å². The number of likely N-dealkylation sites (tertiary alicyclic amines) is 1. The predicted octanol–water partition coefficient (Wildman–Crippen LogP) is 2.15. The molecule has 2 amide bonds. The van der Waals surface area contributed by atoms with Gasteiger partial charge in [-0.05, 0) is 44.3 Å². The van der Waals surface area contributed by atoms with E-state index in [9.17, 15) is 9.18 Å². The van der Waals surface area contributed by atoms with Crippen molar-refractivity contribution in [3.63, 3.8) is 0 Å². The number of rotatable bonds is 3. The monoisotopic (exact) mass is 304 g/mol. The minimum atomic E-state index is -0.257. The maximum atomic E-state index is 13.2. The highest BCUT2D eigenvalue weighted by molar-refractivity contribution is 5.80. The topological polar surface area (TPSA) is 51.4 Å². The number of carbonyl (C=O) groups is 1. The number of halogens is 1.